The lowest BCUT2D eigenvalue weighted by Gasteiger charge is -2.34. The summed E-state index contributed by atoms with van der Waals surface area (Å²) in [6.45, 7) is 7.17. The molecule has 308 valence electrons. The molecule has 0 aliphatic carbocycles. The van der Waals surface area contributed by atoms with E-state index in [-0.39, 0.29) is 30.4 Å². The lowest BCUT2D eigenvalue weighted by Crippen LogP contribution is -2.37. The predicted octanol–water partition coefficient (Wildman–Crippen LogP) is 6.81. The van der Waals surface area contributed by atoms with Crippen molar-refractivity contribution >= 4 is 21.5 Å². The molecule has 5 N–H and O–H groups in total. The first-order valence-corrected chi connectivity index (χ1v) is 22.2. The van der Waals surface area contributed by atoms with Gasteiger partial charge in [0, 0.05) is 42.1 Å². The average molecular weight is 805 g/mol. The van der Waals surface area contributed by atoms with E-state index in [1.54, 1.807) is 12.1 Å². The lowest BCUT2D eigenvalue weighted by atomic mass is 9.86. The minimum atomic E-state index is -3.38. The maximum atomic E-state index is 13.0. The third-order valence-corrected chi connectivity index (χ3v) is 12.1. The molecule has 2 atom stereocenters. The average Bonchev–Trinajstić information content (AvgIpc) is 3.92. The molecule has 2 saturated heterocycles. The number of anilines is 2. The van der Waals surface area contributed by atoms with Crippen molar-refractivity contribution in [2.24, 2.45) is 11.8 Å². The van der Waals surface area contributed by atoms with Crippen LogP contribution in [0, 0.1) is 23.5 Å². The van der Waals surface area contributed by atoms with Crippen molar-refractivity contribution in [2.45, 2.75) is 63.6 Å². The number of nitrogens with one attached hydrogen (secondary N) is 3. The van der Waals surface area contributed by atoms with Crippen LogP contribution in [0.1, 0.15) is 71.3 Å². The Kier molecular flexibility index (Phi) is 15.5. The molecular formula is C45H58F2N4O5S. The molecule has 0 spiro atoms. The van der Waals surface area contributed by atoms with Gasteiger partial charge in [-0.25, -0.2) is 8.78 Å². The second-order valence-corrected chi connectivity index (χ2v) is 17.2. The lowest BCUT2D eigenvalue weighted by molar-refractivity contribution is 0.0597. The first kappa shape index (κ1) is 42.7. The number of aliphatic hydroxyl groups is 2. The number of piperidine rings is 2. The largest absolute Gasteiger partial charge is 0.388 e. The van der Waals surface area contributed by atoms with Gasteiger partial charge in [-0.15, -0.1) is 0 Å². The second-order valence-electron chi connectivity index (χ2n) is 15.6. The number of rotatable bonds is 11. The normalized spacial score (nSPS) is 18.1. The topological polar surface area (TPSA) is 123 Å². The van der Waals surface area contributed by atoms with E-state index in [0.29, 0.717) is 18.3 Å². The van der Waals surface area contributed by atoms with Crippen molar-refractivity contribution < 1.29 is 31.6 Å². The third kappa shape index (κ3) is 12.5. The van der Waals surface area contributed by atoms with E-state index in [9.17, 15) is 27.4 Å². The predicted molar refractivity (Wildman–Crippen MR) is 223 cm³/mol. The molecule has 9 nitrogen and oxygen atoms in total. The van der Waals surface area contributed by atoms with Gasteiger partial charge in [0.15, 0.2) is 0 Å². The number of fused-ring (bicyclic) bond motifs is 2. The molecule has 4 aliphatic heterocycles. The number of aliphatic hydroxyl groups excluding tert-OH is 2. The van der Waals surface area contributed by atoms with Crippen LogP contribution in [0.25, 0.3) is 0 Å². The highest BCUT2D eigenvalue weighted by molar-refractivity contribution is 7.85. The Hall–Kier alpha value is -3.91. The summed E-state index contributed by atoms with van der Waals surface area (Å²) in [4.78, 5) is 2.46. The monoisotopic (exact) mass is 804 g/mol. The first-order chi connectivity index (χ1) is 27.5. The summed E-state index contributed by atoms with van der Waals surface area (Å²) in [6.07, 6.45) is 8.04. The number of likely N-dealkylation sites (tertiary alicyclic amines) is 1. The zero-order chi connectivity index (χ0) is 40.2. The van der Waals surface area contributed by atoms with Gasteiger partial charge in [-0.05, 0) is 136 Å². The van der Waals surface area contributed by atoms with Crippen LogP contribution in [-0.2, 0) is 40.0 Å². The molecule has 0 bridgehead atoms. The molecule has 4 heterocycles. The SMILES string of the molecule is CS(=O)(=O)OCCc1ccc(F)cc1.OC(c1cccc2c1NCC2)C1CCN(CCc2ccc(F)cc2)CC1.OC(c1cccc2c1NCC2)C1CCNCC1. The molecule has 0 saturated carbocycles. The number of halogens is 2. The summed E-state index contributed by atoms with van der Waals surface area (Å²) in [6, 6.07) is 25.3. The highest BCUT2D eigenvalue weighted by atomic mass is 32.2. The number of nitrogens with zero attached hydrogens (tertiary/aromatic N) is 1. The molecule has 0 radical (unpaired) electrons. The molecule has 4 aromatic rings. The fraction of sp³-hybridized carbons (Fsp3) is 0.467. The van der Waals surface area contributed by atoms with Crippen molar-refractivity contribution in [3.63, 3.8) is 0 Å². The van der Waals surface area contributed by atoms with Gasteiger partial charge in [-0.2, -0.15) is 8.42 Å². The molecule has 0 amide bonds. The molecule has 2 fully saturated rings. The van der Waals surface area contributed by atoms with Crippen LogP contribution in [0.4, 0.5) is 20.2 Å². The third-order valence-electron chi connectivity index (χ3n) is 11.5. The molecule has 2 unspecified atom stereocenters. The van der Waals surface area contributed by atoms with E-state index < -0.39 is 10.1 Å². The number of hydrogen-bond donors (Lipinski definition) is 5. The van der Waals surface area contributed by atoms with Crippen molar-refractivity contribution in [1.82, 2.24) is 10.2 Å². The minimum absolute atomic E-state index is 0.0878. The summed E-state index contributed by atoms with van der Waals surface area (Å²) in [7, 11) is -3.38. The van der Waals surface area contributed by atoms with E-state index in [4.69, 9.17) is 0 Å². The van der Waals surface area contributed by atoms with Gasteiger partial charge in [0.1, 0.15) is 11.6 Å². The minimum Gasteiger partial charge on any atom is -0.388 e. The van der Waals surface area contributed by atoms with Crippen molar-refractivity contribution in [2.75, 3.05) is 69.3 Å². The summed E-state index contributed by atoms with van der Waals surface area (Å²) < 4.78 is 51.2. The Bertz CT molecular complexity index is 1970. The van der Waals surface area contributed by atoms with E-state index >= 15 is 0 Å². The van der Waals surface area contributed by atoms with Crippen LogP contribution in [-0.4, -0.2) is 82.2 Å². The van der Waals surface area contributed by atoms with Crippen LogP contribution >= 0.6 is 0 Å². The second kappa shape index (κ2) is 20.7. The summed E-state index contributed by atoms with van der Waals surface area (Å²) >= 11 is 0. The maximum Gasteiger partial charge on any atom is 0.264 e. The van der Waals surface area contributed by atoms with Crippen molar-refractivity contribution in [1.29, 1.82) is 0 Å². The molecule has 57 heavy (non-hydrogen) atoms. The van der Waals surface area contributed by atoms with Crippen LogP contribution in [0.2, 0.25) is 0 Å². The van der Waals surface area contributed by atoms with E-state index in [2.05, 4.69) is 61.4 Å². The zero-order valence-corrected chi connectivity index (χ0v) is 33.8. The fourth-order valence-corrected chi connectivity index (χ4v) is 8.67. The summed E-state index contributed by atoms with van der Waals surface area (Å²) in [5.74, 6) is 0.249. The van der Waals surface area contributed by atoms with Crippen LogP contribution < -0.4 is 16.0 Å². The van der Waals surface area contributed by atoms with Gasteiger partial charge >= 0.3 is 0 Å². The van der Waals surface area contributed by atoms with Gasteiger partial charge in [-0.1, -0.05) is 60.7 Å². The highest BCUT2D eigenvalue weighted by Crippen LogP contribution is 2.38. The number of para-hydroxylation sites is 2. The molecular weight excluding hydrogens is 747 g/mol. The van der Waals surface area contributed by atoms with Crippen LogP contribution in [0.15, 0.2) is 84.9 Å². The molecule has 12 heteroatoms. The van der Waals surface area contributed by atoms with Crippen molar-refractivity contribution in [3.8, 4) is 0 Å². The van der Waals surface area contributed by atoms with Gasteiger partial charge in [-0.3, -0.25) is 4.18 Å². The zero-order valence-electron chi connectivity index (χ0n) is 32.9. The Balaban J connectivity index is 0.000000154. The number of benzene rings is 4. The van der Waals surface area contributed by atoms with Crippen LogP contribution in [0.3, 0.4) is 0 Å². The highest BCUT2D eigenvalue weighted by Gasteiger charge is 2.29. The van der Waals surface area contributed by atoms with E-state index in [1.165, 1.54) is 52.3 Å². The Morgan fingerprint density at radius 2 is 1.16 bits per heavy atom. The standard InChI is InChI=1S/C22H27FN2O.C14H20N2O.C9H11FO3S/c23-19-6-4-16(5-7-19)9-13-25-14-10-18(11-15-25)22(26)20-3-1-2-17-8-12-24-21(17)20;17-14(11-4-7-15-8-5-11)12-3-1-2-10-6-9-16-13(10)12;1-14(11,12)13-7-6-8-2-4-9(10)5-3-8/h1-7,18,22,24,26H,8-15H2;1-3,11,14-17H,4-9H2;2-5H,6-7H2,1H3. The Morgan fingerprint density at radius 3 is 1.65 bits per heavy atom. The smallest absolute Gasteiger partial charge is 0.264 e. The maximum absolute atomic E-state index is 13.0. The van der Waals surface area contributed by atoms with Gasteiger partial charge in [0.05, 0.1) is 25.1 Å². The van der Waals surface area contributed by atoms with E-state index in [0.717, 1.165) is 114 Å². The van der Waals surface area contributed by atoms with Gasteiger partial charge in [0.25, 0.3) is 10.1 Å². The van der Waals surface area contributed by atoms with Crippen molar-refractivity contribution in [3.05, 3.63) is 130 Å². The van der Waals surface area contributed by atoms with Gasteiger partial charge in [0.2, 0.25) is 0 Å². The van der Waals surface area contributed by atoms with Crippen LogP contribution in [0.5, 0.6) is 0 Å². The molecule has 0 aromatic heterocycles. The molecule has 8 rings (SSSR count). The van der Waals surface area contributed by atoms with E-state index in [1.807, 2.05) is 12.1 Å². The Morgan fingerprint density at radius 1 is 0.684 bits per heavy atom. The van der Waals surface area contributed by atoms with Gasteiger partial charge < -0.3 is 31.1 Å². The summed E-state index contributed by atoms with van der Waals surface area (Å²) in [5, 5.41) is 31.7. The molecule has 4 aromatic carbocycles. The fourth-order valence-electron chi connectivity index (χ4n) is 8.29. The number of hydrogen-bond acceptors (Lipinski definition) is 9. The molecule has 4 aliphatic rings. The Labute approximate surface area is 337 Å². The quantitative estimate of drug-likeness (QED) is 0.104. The summed E-state index contributed by atoms with van der Waals surface area (Å²) in [5.41, 5.74) is 9.25. The first-order valence-electron chi connectivity index (χ1n) is 20.4.